The van der Waals surface area contributed by atoms with Gasteiger partial charge in [0.25, 0.3) is 5.69 Å². The van der Waals surface area contributed by atoms with Gasteiger partial charge < -0.3 is 4.74 Å². The minimum Gasteiger partial charge on any atom is -0.359 e. The lowest BCUT2D eigenvalue weighted by Gasteiger charge is -2.16. The third-order valence-corrected chi connectivity index (χ3v) is 2.78. The van der Waals surface area contributed by atoms with E-state index in [1.54, 1.807) is 12.1 Å². The number of nitro groups is 1. The van der Waals surface area contributed by atoms with Crippen LogP contribution in [0.4, 0.5) is 5.69 Å². The van der Waals surface area contributed by atoms with Crippen molar-refractivity contribution in [3.63, 3.8) is 0 Å². The summed E-state index contributed by atoms with van der Waals surface area (Å²) in [6.07, 6.45) is 3.95. The maximum absolute atomic E-state index is 10.5. The van der Waals surface area contributed by atoms with Crippen LogP contribution in [0.1, 0.15) is 19.4 Å². The van der Waals surface area contributed by atoms with E-state index in [4.69, 9.17) is 4.74 Å². The fraction of sp³-hybridized carbons (Fsp3) is 0.385. The molecular formula is C13H16N2O3. The van der Waals surface area contributed by atoms with Crippen molar-refractivity contribution >= 4 is 11.8 Å². The summed E-state index contributed by atoms with van der Waals surface area (Å²) in [5.41, 5.74) is 0.757. The number of rotatable bonds is 3. The van der Waals surface area contributed by atoms with Crippen LogP contribution in [0.15, 0.2) is 30.3 Å². The van der Waals surface area contributed by atoms with Crippen LogP contribution in [0.2, 0.25) is 0 Å². The Morgan fingerprint density at radius 1 is 1.44 bits per heavy atom. The zero-order valence-corrected chi connectivity index (χ0v) is 10.4. The van der Waals surface area contributed by atoms with E-state index in [1.807, 2.05) is 26.0 Å². The Labute approximate surface area is 106 Å². The molecule has 1 aromatic carbocycles. The average molecular weight is 248 g/mol. The van der Waals surface area contributed by atoms with Crippen molar-refractivity contribution in [1.29, 1.82) is 0 Å². The van der Waals surface area contributed by atoms with Gasteiger partial charge in [0.1, 0.15) is 5.72 Å². The first kappa shape index (κ1) is 12.7. The van der Waals surface area contributed by atoms with Gasteiger partial charge in [-0.25, -0.2) is 0 Å². The van der Waals surface area contributed by atoms with Crippen LogP contribution in [0.25, 0.3) is 6.08 Å². The Morgan fingerprint density at radius 3 is 2.61 bits per heavy atom. The smallest absolute Gasteiger partial charge is 0.269 e. The summed E-state index contributed by atoms with van der Waals surface area (Å²) in [6, 6.07) is 6.64. The molecule has 0 aliphatic carbocycles. The Kier molecular flexibility index (Phi) is 3.45. The third-order valence-electron chi connectivity index (χ3n) is 2.78. The molecular weight excluding hydrogens is 232 g/mol. The Balaban J connectivity index is 1.99. The second kappa shape index (κ2) is 4.88. The summed E-state index contributed by atoms with van der Waals surface area (Å²) in [7, 11) is 0. The number of hydrogen-bond donors (Lipinski definition) is 1. The van der Waals surface area contributed by atoms with Gasteiger partial charge >= 0.3 is 0 Å². The van der Waals surface area contributed by atoms with Gasteiger partial charge in [0, 0.05) is 12.1 Å². The monoisotopic (exact) mass is 248 g/mol. The lowest BCUT2D eigenvalue weighted by Crippen LogP contribution is -2.37. The highest BCUT2D eigenvalue weighted by Gasteiger charge is 2.28. The first-order valence-corrected chi connectivity index (χ1v) is 5.81. The summed E-state index contributed by atoms with van der Waals surface area (Å²) < 4.78 is 5.54. The molecule has 1 aliphatic rings. The number of nitro benzene ring substituents is 1. The zero-order chi connectivity index (χ0) is 13.2. The van der Waals surface area contributed by atoms with E-state index < -0.39 is 4.92 Å². The van der Waals surface area contributed by atoms with Crippen LogP contribution in [0.5, 0.6) is 0 Å². The zero-order valence-electron chi connectivity index (χ0n) is 10.4. The van der Waals surface area contributed by atoms with Gasteiger partial charge in [-0.05, 0) is 31.5 Å². The number of nitrogens with one attached hydrogen (secondary N) is 1. The van der Waals surface area contributed by atoms with Crippen molar-refractivity contribution in [2.45, 2.75) is 25.6 Å². The topological polar surface area (TPSA) is 64.4 Å². The molecule has 5 nitrogen and oxygen atoms in total. The van der Waals surface area contributed by atoms with Crippen molar-refractivity contribution in [3.05, 3.63) is 46.0 Å². The highest BCUT2D eigenvalue weighted by Crippen LogP contribution is 2.17. The van der Waals surface area contributed by atoms with Gasteiger partial charge in [0.2, 0.25) is 0 Å². The maximum atomic E-state index is 10.5. The lowest BCUT2D eigenvalue weighted by molar-refractivity contribution is -0.384. The summed E-state index contributed by atoms with van der Waals surface area (Å²) in [5, 5.41) is 13.8. The fourth-order valence-corrected chi connectivity index (χ4v) is 1.87. The SMILES string of the molecule is CC1(C)N[C@@H](/C=C/c2ccc([N+](=O)[O-])cc2)CO1. The molecule has 0 aromatic heterocycles. The second-order valence-corrected chi connectivity index (χ2v) is 4.78. The molecule has 1 fully saturated rings. The standard InChI is InChI=1S/C13H16N2O3/c1-13(2)14-11(9-18-13)6-3-10-4-7-12(8-5-10)15(16)17/h3-8,11,14H,9H2,1-2H3/b6-3+/t11-/m0/s1. The molecule has 1 heterocycles. The van der Waals surface area contributed by atoms with E-state index in [0.717, 1.165) is 5.56 Å². The van der Waals surface area contributed by atoms with Crippen molar-refractivity contribution in [1.82, 2.24) is 5.32 Å². The minimum absolute atomic E-state index is 0.107. The van der Waals surface area contributed by atoms with Crippen molar-refractivity contribution in [2.75, 3.05) is 6.61 Å². The van der Waals surface area contributed by atoms with E-state index in [-0.39, 0.29) is 17.5 Å². The third kappa shape index (κ3) is 3.15. The van der Waals surface area contributed by atoms with Gasteiger partial charge in [-0.1, -0.05) is 12.2 Å². The molecule has 1 aliphatic heterocycles. The van der Waals surface area contributed by atoms with E-state index in [0.29, 0.717) is 6.61 Å². The molecule has 1 atom stereocenters. The van der Waals surface area contributed by atoms with Crippen molar-refractivity contribution in [3.8, 4) is 0 Å². The first-order valence-electron chi connectivity index (χ1n) is 5.81. The van der Waals surface area contributed by atoms with Gasteiger partial charge in [-0.15, -0.1) is 0 Å². The Hall–Kier alpha value is -1.72. The molecule has 5 heteroatoms. The summed E-state index contributed by atoms with van der Waals surface area (Å²) in [5.74, 6) is 0. The van der Waals surface area contributed by atoms with Crippen LogP contribution in [-0.4, -0.2) is 23.3 Å². The molecule has 96 valence electrons. The second-order valence-electron chi connectivity index (χ2n) is 4.78. The predicted molar refractivity (Wildman–Crippen MR) is 69.1 cm³/mol. The molecule has 0 radical (unpaired) electrons. The van der Waals surface area contributed by atoms with Crippen LogP contribution in [0, 0.1) is 10.1 Å². The fourth-order valence-electron chi connectivity index (χ4n) is 1.87. The Morgan fingerprint density at radius 2 is 2.11 bits per heavy atom. The summed E-state index contributed by atoms with van der Waals surface area (Å²) >= 11 is 0. The summed E-state index contributed by atoms with van der Waals surface area (Å²) in [4.78, 5) is 10.1. The van der Waals surface area contributed by atoms with E-state index >= 15 is 0 Å². The molecule has 2 rings (SSSR count). The van der Waals surface area contributed by atoms with E-state index in [2.05, 4.69) is 5.32 Å². The normalized spacial score (nSPS) is 22.4. The number of benzene rings is 1. The molecule has 0 amide bonds. The maximum Gasteiger partial charge on any atom is 0.269 e. The number of non-ortho nitro benzene ring substituents is 1. The molecule has 18 heavy (non-hydrogen) atoms. The quantitative estimate of drug-likeness (QED) is 0.658. The van der Waals surface area contributed by atoms with Gasteiger partial charge in [-0.3, -0.25) is 15.4 Å². The molecule has 1 saturated heterocycles. The molecule has 0 bridgehead atoms. The first-order chi connectivity index (χ1) is 8.46. The molecule has 0 saturated carbocycles. The number of nitrogens with zero attached hydrogens (tertiary/aromatic N) is 1. The molecule has 0 spiro atoms. The van der Waals surface area contributed by atoms with Crippen LogP contribution in [-0.2, 0) is 4.74 Å². The van der Waals surface area contributed by atoms with E-state index in [1.165, 1.54) is 12.1 Å². The van der Waals surface area contributed by atoms with Crippen molar-refractivity contribution in [2.24, 2.45) is 0 Å². The van der Waals surface area contributed by atoms with Gasteiger partial charge in [0.05, 0.1) is 17.6 Å². The highest BCUT2D eigenvalue weighted by atomic mass is 16.6. The number of ether oxygens (including phenoxy) is 1. The lowest BCUT2D eigenvalue weighted by atomic mass is 10.1. The van der Waals surface area contributed by atoms with Gasteiger partial charge in [0.15, 0.2) is 0 Å². The average Bonchev–Trinajstić information content (AvgIpc) is 2.67. The van der Waals surface area contributed by atoms with Crippen LogP contribution >= 0.6 is 0 Å². The van der Waals surface area contributed by atoms with Crippen LogP contribution in [0.3, 0.4) is 0 Å². The summed E-state index contributed by atoms with van der Waals surface area (Å²) in [6.45, 7) is 4.59. The molecule has 1 N–H and O–H groups in total. The van der Waals surface area contributed by atoms with Crippen LogP contribution < -0.4 is 5.32 Å². The number of hydrogen-bond acceptors (Lipinski definition) is 4. The molecule has 1 aromatic rings. The van der Waals surface area contributed by atoms with Gasteiger partial charge in [-0.2, -0.15) is 0 Å². The highest BCUT2D eigenvalue weighted by molar-refractivity contribution is 5.52. The van der Waals surface area contributed by atoms with Crippen molar-refractivity contribution < 1.29 is 9.66 Å². The largest absolute Gasteiger partial charge is 0.359 e. The van der Waals surface area contributed by atoms with E-state index in [9.17, 15) is 10.1 Å². The predicted octanol–water partition coefficient (Wildman–Crippen LogP) is 2.33. The molecule has 0 unspecified atom stereocenters. The Bertz CT molecular complexity index is 466. The minimum atomic E-state index is -0.400.